The van der Waals surface area contributed by atoms with Crippen LogP contribution in [-0.4, -0.2) is 28.1 Å². The van der Waals surface area contributed by atoms with Gasteiger partial charge < -0.3 is 10.1 Å². The zero-order valence-electron chi connectivity index (χ0n) is 15.5. The van der Waals surface area contributed by atoms with Crippen molar-refractivity contribution in [3.63, 3.8) is 0 Å². The standard InChI is InChI=1S/C20H21N3O4/c1-4-22-16-10-5-6-11-17(16)23(20(22)26)12-18(24)21-15-9-7-8-14(13(15)2)19(25)27-3/h5-11H,4,12H2,1-3H3,(H,21,24). The van der Waals surface area contributed by atoms with Gasteiger partial charge in [-0.1, -0.05) is 18.2 Å². The smallest absolute Gasteiger partial charge is 0.338 e. The maximum Gasteiger partial charge on any atom is 0.338 e. The monoisotopic (exact) mass is 367 g/mol. The van der Waals surface area contributed by atoms with Gasteiger partial charge in [0, 0.05) is 12.2 Å². The van der Waals surface area contributed by atoms with Gasteiger partial charge in [0.25, 0.3) is 0 Å². The summed E-state index contributed by atoms with van der Waals surface area (Å²) >= 11 is 0. The molecule has 0 bridgehead atoms. The lowest BCUT2D eigenvalue weighted by atomic mass is 10.1. The Kier molecular flexibility index (Phi) is 5.12. The number of para-hydroxylation sites is 2. The van der Waals surface area contributed by atoms with E-state index in [0.717, 1.165) is 5.52 Å². The highest BCUT2D eigenvalue weighted by Crippen LogP contribution is 2.20. The lowest BCUT2D eigenvalue weighted by Gasteiger charge is -2.11. The number of rotatable bonds is 5. The van der Waals surface area contributed by atoms with Crippen LogP contribution in [0.3, 0.4) is 0 Å². The van der Waals surface area contributed by atoms with Crippen molar-refractivity contribution in [3.8, 4) is 0 Å². The van der Waals surface area contributed by atoms with Crippen molar-refractivity contribution in [2.24, 2.45) is 0 Å². The third-order valence-corrected chi connectivity index (χ3v) is 4.56. The van der Waals surface area contributed by atoms with E-state index in [1.165, 1.54) is 11.7 Å². The predicted molar refractivity (Wildman–Crippen MR) is 103 cm³/mol. The van der Waals surface area contributed by atoms with E-state index in [1.807, 2.05) is 31.2 Å². The van der Waals surface area contributed by atoms with Crippen molar-refractivity contribution in [3.05, 3.63) is 64.1 Å². The Labute approximate surface area is 156 Å². The molecule has 140 valence electrons. The number of hydrogen-bond donors (Lipinski definition) is 1. The lowest BCUT2D eigenvalue weighted by Crippen LogP contribution is -2.29. The Morgan fingerprint density at radius 1 is 1.04 bits per heavy atom. The molecule has 3 rings (SSSR count). The van der Waals surface area contributed by atoms with Crippen LogP contribution < -0.4 is 11.0 Å². The van der Waals surface area contributed by atoms with E-state index in [-0.39, 0.29) is 18.1 Å². The second-order valence-electron chi connectivity index (χ2n) is 6.12. The number of benzene rings is 2. The molecule has 1 heterocycles. The number of methoxy groups -OCH3 is 1. The van der Waals surface area contributed by atoms with Crippen molar-refractivity contribution in [1.82, 2.24) is 9.13 Å². The summed E-state index contributed by atoms with van der Waals surface area (Å²) in [4.78, 5) is 37.0. The van der Waals surface area contributed by atoms with Gasteiger partial charge in [-0.2, -0.15) is 0 Å². The van der Waals surface area contributed by atoms with Crippen molar-refractivity contribution in [2.75, 3.05) is 12.4 Å². The van der Waals surface area contributed by atoms with Crippen molar-refractivity contribution < 1.29 is 14.3 Å². The van der Waals surface area contributed by atoms with E-state index < -0.39 is 5.97 Å². The average Bonchev–Trinajstić information content (AvgIpc) is 2.94. The van der Waals surface area contributed by atoms with Crippen molar-refractivity contribution in [2.45, 2.75) is 26.9 Å². The second kappa shape index (κ2) is 7.49. The van der Waals surface area contributed by atoms with Crippen LogP contribution in [0.1, 0.15) is 22.8 Å². The molecule has 2 aromatic carbocycles. The summed E-state index contributed by atoms with van der Waals surface area (Å²) in [6, 6.07) is 12.4. The van der Waals surface area contributed by atoms with E-state index in [1.54, 1.807) is 29.7 Å². The predicted octanol–water partition coefficient (Wildman–Crippen LogP) is 2.56. The summed E-state index contributed by atoms with van der Waals surface area (Å²) in [6.07, 6.45) is 0. The van der Waals surface area contributed by atoms with Crippen molar-refractivity contribution >= 4 is 28.6 Å². The van der Waals surface area contributed by atoms with Crippen LogP contribution in [0.5, 0.6) is 0 Å². The highest BCUT2D eigenvalue weighted by molar-refractivity contribution is 5.97. The van der Waals surface area contributed by atoms with Gasteiger partial charge in [0.2, 0.25) is 5.91 Å². The number of ether oxygens (including phenoxy) is 1. The van der Waals surface area contributed by atoms with Gasteiger partial charge in [0.05, 0.1) is 23.7 Å². The van der Waals surface area contributed by atoms with Crippen LogP contribution in [0.25, 0.3) is 11.0 Å². The van der Waals surface area contributed by atoms with Gasteiger partial charge in [0.15, 0.2) is 0 Å². The van der Waals surface area contributed by atoms with Crippen LogP contribution in [0.2, 0.25) is 0 Å². The SMILES string of the molecule is CCn1c(=O)n(CC(=O)Nc2cccc(C(=O)OC)c2C)c2ccccc21. The molecule has 7 nitrogen and oxygen atoms in total. The van der Waals surface area contributed by atoms with Crippen LogP contribution >= 0.6 is 0 Å². The molecule has 0 spiro atoms. The van der Waals surface area contributed by atoms with Gasteiger partial charge in [-0.25, -0.2) is 9.59 Å². The molecule has 0 aliphatic carbocycles. The molecular formula is C20H21N3O4. The molecule has 0 saturated heterocycles. The quantitative estimate of drug-likeness (QED) is 0.703. The molecule has 0 saturated carbocycles. The molecule has 7 heteroatoms. The van der Waals surface area contributed by atoms with Gasteiger partial charge in [-0.15, -0.1) is 0 Å². The van der Waals surface area contributed by atoms with E-state index >= 15 is 0 Å². The zero-order chi connectivity index (χ0) is 19.6. The van der Waals surface area contributed by atoms with E-state index in [2.05, 4.69) is 5.32 Å². The van der Waals surface area contributed by atoms with Crippen LogP contribution in [-0.2, 0) is 22.6 Å². The lowest BCUT2D eigenvalue weighted by molar-refractivity contribution is -0.116. The van der Waals surface area contributed by atoms with Gasteiger partial charge in [0.1, 0.15) is 6.54 Å². The molecule has 1 aromatic heterocycles. The Morgan fingerprint density at radius 3 is 2.33 bits per heavy atom. The number of anilines is 1. The van der Waals surface area contributed by atoms with Crippen LogP contribution in [0, 0.1) is 6.92 Å². The molecule has 0 aliphatic rings. The minimum Gasteiger partial charge on any atom is -0.465 e. The fraction of sp³-hybridized carbons (Fsp3) is 0.250. The zero-order valence-corrected chi connectivity index (χ0v) is 15.5. The summed E-state index contributed by atoms with van der Waals surface area (Å²) in [7, 11) is 1.31. The van der Waals surface area contributed by atoms with Gasteiger partial charge >= 0.3 is 11.7 Å². The molecular weight excluding hydrogens is 346 g/mol. The first-order valence-electron chi connectivity index (χ1n) is 8.63. The number of carbonyl (C=O) groups is 2. The van der Waals surface area contributed by atoms with Crippen LogP contribution in [0.15, 0.2) is 47.3 Å². The number of hydrogen-bond acceptors (Lipinski definition) is 4. The molecule has 0 fully saturated rings. The molecule has 0 unspecified atom stereocenters. The first-order valence-corrected chi connectivity index (χ1v) is 8.63. The Morgan fingerprint density at radius 2 is 1.70 bits per heavy atom. The summed E-state index contributed by atoms with van der Waals surface area (Å²) in [5.41, 5.74) is 2.78. The second-order valence-corrected chi connectivity index (χ2v) is 6.12. The molecule has 0 atom stereocenters. The van der Waals surface area contributed by atoms with Crippen molar-refractivity contribution in [1.29, 1.82) is 0 Å². The number of carbonyl (C=O) groups excluding carboxylic acids is 2. The fourth-order valence-electron chi connectivity index (χ4n) is 3.17. The van der Waals surface area contributed by atoms with Gasteiger partial charge in [-0.05, 0) is 43.7 Å². The Hall–Kier alpha value is -3.35. The number of nitrogens with zero attached hydrogens (tertiary/aromatic N) is 2. The first-order chi connectivity index (χ1) is 13.0. The average molecular weight is 367 g/mol. The van der Waals surface area contributed by atoms with E-state index in [9.17, 15) is 14.4 Å². The largest absolute Gasteiger partial charge is 0.465 e. The minimum atomic E-state index is -0.467. The highest BCUT2D eigenvalue weighted by Gasteiger charge is 2.16. The minimum absolute atomic E-state index is 0.117. The van der Waals surface area contributed by atoms with E-state index in [0.29, 0.717) is 28.9 Å². The molecule has 3 aromatic rings. The number of esters is 1. The third kappa shape index (κ3) is 3.36. The van der Waals surface area contributed by atoms with Crippen LogP contribution in [0.4, 0.5) is 5.69 Å². The molecule has 1 amide bonds. The Balaban J connectivity index is 1.90. The molecule has 0 radical (unpaired) electrons. The summed E-state index contributed by atoms with van der Waals surface area (Å²) in [5, 5.41) is 2.78. The number of aromatic nitrogens is 2. The summed E-state index contributed by atoms with van der Waals surface area (Å²) in [5.74, 6) is -0.813. The summed E-state index contributed by atoms with van der Waals surface area (Å²) in [6.45, 7) is 4.03. The number of fused-ring (bicyclic) bond motifs is 1. The first kappa shape index (κ1) is 18.4. The normalized spacial score (nSPS) is 10.8. The number of aryl methyl sites for hydroxylation is 1. The van der Waals surface area contributed by atoms with Gasteiger partial charge in [-0.3, -0.25) is 13.9 Å². The maximum atomic E-state index is 12.6. The molecule has 1 N–H and O–H groups in total. The number of imidazole rings is 1. The molecule has 27 heavy (non-hydrogen) atoms. The number of amides is 1. The van der Waals surface area contributed by atoms with E-state index in [4.69, 9.17) is 4.74 Å². The fourth-order valence-corrected chi connectivity index (χ4v) is 3.17. The summed E-state index contributed by atoms with van der Waals surface area (Å²) < 4.78 is 7.83. The molecule has 0 aliphatic heterocycles. The third-order valence-electron chi connectivity index (χ3n) is 4.56. The Bertz CT molecular complexity index is 1080. The highest BCUT2D eigenvalue weighted by atomic mass is 16.5. The number of nitrogens with one attached hydrogen (secondary N) is 1. The topological polar surface area (TPSA) is 82.3 Å². The maximum absolute atomic E-state index is 12.6.